The molecule has 0 bridgehead atoms. The SMILES string of the molecule is COc1ccc(NCc2cc(OCCCN(C)C)nn2Cc2ccccc2)cc1. The van der Waals surface area contributed by atoms with E-state index in [1.165, 1.54) is 5.56 Å². The largest absolute Gasteiger partial charge is 0.497 e. The van der Waals surface area contributed by atoms with Crippen LogP contribution in [0.25, 0.3) is 0 Å². The van der Waals surface area contributed by atoms with Gasteiger partial charge >= 0.3 is 0 Å². The lowest BCUT2D eigenvalue weighted by atomic mass is 10.2. The summed E-state index contributed by atoms with van der Waals surface area (Å²) in [4.78, 5) is 2.15. The van der Waals surface area contributed by atoms with Crippen LogP contribution in [0.2, 0.25) is 0 Å². The lowest BCUT2D eigenvalue weighted by Gasteiger charge is -2.10. The lowest BCUT2D eigenvalue weighted by Crippen LogP contribution is -2.15. The van der Waals surface area contributed by atoms with Crippen molar-refractivity contribution in [3.05, 3.63) is 71.9 Å². The quantitative estimate of drug-likeness (QED) is 0.500. The summed E-state index contributed by atoms with van der Waals surface area (Å²) < 4.78 is 13.1. The Balaban J connectivity index is 1.67. The molecule has 3 rings (SSSR count). The van der Waals surface area contributed by atoms with Crippen LogP contribution in [-0.2, 0) is 13.1 Å². The van der Waals surface area contributed by atoms with Gasteiger partial charge in [0.1, 0.15) is 5.75 Å². The second kappa shape index (κ2) is 10.5. The average Bonchev–Trinajstić information content (AvgIpc) is 3.12. The summed E-state index contributed by atoms with van der Waals surface area (Å²) in [5.41, 5.74) is 3.32. The number of hydrogen-bond donors (Lipinski definition) is 1. The Hall–Kier alpha value is -2.99. The van der Waals surface area contributed by atoms with Crippen molar-refractivity contribution in [2.24, 2.45) is 0 Å². The Kier molecular flexibility index (Phi) is 7.53. The van der Waals surface area contributed by atoms with Gasteiger partial charge in [0, 0.05) is 18.3 Å². The second-order valence-electron chi connectivity index (χ2n) is 7.20. The van der Waals surface area contributed by atoms with E-state index in [4.69, 9.17) is 9.47 Å². The van der Waals surface area contributed by atoms with Gasteiger partial charge in [-0.25, -0.2) is 0 Å². The molecule has 0 unspecified atom stereocenters. The second-order valence-corrected chi connectivity index (χ2v) is 7.20. The first-order chi connectivity index (χ1) is 14.1. The maximum Gasteiger partial charge on any atom is 0.233 e. The molecule has 29 heavy (non-hydrogen) atoms. The van der Waals surface area contributed by atoms with Crippen molar-refractivity contribution in [3.63, 3.8) is 0 Å². The zero-order valence-electron chi connectivity index (χ0n) is 17.5. The Morgan fingerprint density at radius 3 is 2.48 bits per heavy atom. The normalized spacial score (nSPS) is 10.9. The highest BCUT2D eigenvalue weighted by atomic mass is 16.5. The van der Waals surface area contributed by atoms with Gasteiger partial charge in [-0.15, -0.1) is 5.10 Å². The van der Waals surface area contributed by atoms with Gasteiger partial charge in [-0.1, -0.05) is 30.3 Å². The molecule has 0 spiro atoms. The molecule has 3 aromatic rings. The van der Waals surface area contributed by atoms with E-state index in [2.05, 4.69) is 41.5 Å². The maximum atomic E-state index is 5.89. The third kappa shape index (κ3) is 6.54. The molecule has 1 N–H and O–H groups in total. The lowest BCUT2D eigenvalue weighted by molar-refractivity contribution is 0.270. The summed E-state index contributed by atoms with van der Waals surface area (Å²) in [6.07, 6.45) is 0.970. The molecule has 2 aromatic carbocycles. The van der Waals surface area contributed by atoms with Crippen molar-refractivity contribution < 1.29 is 9.47 Å². The number of rotatable bonds is 11. The summed E-state index contributed by atoms with van der Waals surface area (Å²) >= 11 is 0. The van der Waals surface area contributed by atoms with Gasteiger partial charge in [-0.05, 0) is 50.3 Å². The van der Waals surface area contributed by atoms with Gasteiger partial charge in [-0.3, -0.25) is 4.68 Å². The van der Waals surface area contributed by atoms with Crippen LogP contribution in [0.15, 0.2) is 60.7 Å². The fourth-order valence-corrected chi connectivity index (χ4v) is 2.99. The predicted octanol–water partition coefficient (Wildman–Crippen LogP) is 3.88. The van der Waals surface area contributed by atoms with E-state index in [0.29, 0.717) is 25.6 Å². The van der Waals surface area contributed by atoms with Gasteiger partial charge in [0.05, 0.1) is 32.5 Å². The van der Waals surface area contributed by atoms with E-state index in [9.17, 15) is 0 Å². The summed E-state index contributed by atoms with van der Waals surface area (Å²) in [5, 5.41) is 8.14. The minimum absolute atomic E-state index is 0.659. The minimum atomic E-state index is 0.659. The van der Waals surface area contributed by atoms with E-state index in [0.717, 1.165) is 30.1 Å². The van der Waals surface area contributed by atoms with Crippen molar-refractivity contribution in [1.29, 1.82) is 0 Å². The maximum absolute atomic E-state index is 5.89. The van der Waals surface area contributed by atoms with E-state index in [-0.39, 0.29) is 0 Å². The molecule has 0 amide bonds. The minimum Gasteiger partial charge on any atom is -0.497 e. The molecule has 6 nitrogen and oxygen atoms in total. The molecule has 0 fully saturated rings. The Morgan fingerprint density at radius 2 is 1.79 bits per heavy atom. The Labute approximate surface area is 173 Å². The topological polar surface area (TPSA) is 51.5 Å². The molecule has 0 radical (unpaired) electrons. The van der Waals surface area contributed by atoms with E-state index in [1.54, 1.807) is 7.11 Å². The number of nitrogens with one attached hydrogen (secondary N) is 1. The monoisotopic (exact) mass is 394 g/mol. The summed E-state index contributed by atoms with van der Waals surface area (Å²) in [6.45, 7) is 3.03. The van der Waals surface area contributed by atoms with E-state index >= 15 is 0 Å². The number of methoxy groups -OCH3 is 1. The Morgan fingerprint density at radius 1 is 1.03 bits per heavy atom. The highest BCUT2D eigenvalue weighted by Gasteiger charge is 2.10. The van der Waals surface area contributed by atoms with Gasteiger partial charge in [0.2, 0.25) is 5.88 Å². The van der Waals surface area contributed by atoms with Crippen LogP contribution in [-0.4, -0.2) is 49.0 Å². The molecule has 0 aliphatic rings. The molecule has 0 aliphatic heterocycles. The van der Waals surface area contributed by atoms with Crippen molar-refractivity contribution in [3.8, 4) is 11.6 Å². The number of ether oxygens (including phenoxy) is 2. The number of benzene rings is 2. The first-order valence-electron chi connectivity index (χ1n) is 9.90. The Bertz CT molecular complexity index is 860. The first-order valence-corrected chi connectivity index (χ1v) is 9.90. The van der Waals surface area contributed by atoms with Crippen LogP contribution in [0.3, 0.4) is 0 Å². The van der Waals surface area contributed by atoms with E-state index in [1.807, 2.05) is 53.2 Å². The summed E-state index contributed by atoms with van der Waals surface area (Å²) in [7, 11) is 5.81. The fraction of sp³-hybridized carbons (Fsp3) is 0.348. The molecule has 6 heteroatoms. The highest BCUT2D eigenvalue weighted by molar-refractivity contribution is 5.46. The van der Waals surface area contributed by atoms with Gasteiger partial charge in [-0.2, -0.15) is 0 Å². The molecular formula is C23H30N4O2. The molecule has 154 valence electrons. The molecule has 0 atom stereocenters. The standard InChI is InChI=1S/C23H30N4O2/c1-26(2)14-7-15-29-23-16-21(17-24-20-10-12-22(28-3)13-11-20)27(25-23)18-19-8-5-4-6-9-19/h4-6,8-13,16,24H,7,14-15,17-18H2,1-3H3. The first kappa shape index (κ1) is 20.7. The third-order valence-electron chi connectivity index (χ3n) is 4.58. The molecule has 0 saturated carbocycles. The number of aromatic nitrogens is 2. The molecule has 0 saturated heterocycles. The van der Waals surface area contributed by atoms with Crippen molar-refractivity contribution >= 4 is 5.69 Å². The van der Waals surface area contributed by atoms with Crippen LogP contribution >= 0.6 is 0 Å². The summed E-state index contributed by atoms with van der Waals surface area (Å²) in [6, 6.07) is 20.3. The smallest absolute Gasteiger partial charge is 0.233 e. The van der Waals surface area contributed by atoms with Crippen LogP contribution in [0.5, 0.6) is 11.6 Å². The number of anilines is 1. The van der Waals surface area contributed by atoms with Crippen LogP contribution in [0.4, 0.5) is 5.69 Å². The van der Waals surface area contributed by atoms with Crippen LogP contribution in [0, 0.1) is 0 Å². The van der Waals surface area contributed by atoms with Gasteiger partial charge < -0.3 is 19.7 Å². The number of nitrogens with zero attached hydrogens (tertiary/aromatic N) is 3. The fourth-order valence-electron chi connectivity index (χ4n) is 2.99. The van der Waals surface area contributed by atoms with Crippen LogP contribution < -0.4 is 14.8 Å². The molecule has 1 aromatic heterocycles. The zero-order valence-corrected chi connectivity index (χ0v) is 17.5. The number of hydrogen-bond acceptors (Lipinski definition) is 5. The van der Waals surface area contributed by atoms with Gasteiger partial charge in [0.15, 0.2) is 0 Å². The zero-order chi connectivity index (χ0) is 20.5. The molecule has 0 aliphatic carbocycles. The average molecular weight is 395 g/mol. The van der Waals surface area contributed by atoms with E-state index < -0.39 is 0 Å². The van der Waals surface area contributed by atoms with Crippen LogP contribution in [0.1, 0.15) is 17.7 Å². The molecular weight excluding hydrogens is 364 g/mol. The van der Waals surface area contributed by atoms with Crippen molar-refractivity contribution in [2.45, 2.75) is 19.5 Å². The summed E-state index contributed by atoms with van der Waals surface area (Å²) in [5.74, 6) is 1.52. The predicted molar refractivity (Wildman–Crippen MR) is 117 cm³/mol. The van der Waals surface area contributed by atoms with Crippen molar-refractivity contribution in [1.82, 2.24) is 14.7 Å². The highest BCUT2D eigenvalue weighted by Crippen LogP contribution is 2.19. The van der Waals surface area contributed by atoms with Crippen molar-refractivity contribution in [2.75, 3.05) is 39.7 Å². The molecule has 1 heterocycles. The third-order valence-corrected chi connectivity index (χ3v) is 4.58. The van der Waals surface area contributed by atoms with Gasteiger partial charge in [0.25, 0.3) is 0 Å².